The molecule has 0 aromatic carbocycles. The van der Waals surface area contributed by atoms with Crippen molar-refractivity contribution >= 4 is 21.7 Å². The molecule has 2 fully saturated rings. The minimum atomic E-state index is -3.48. The molecule has 2 aromatic heterocycles. The minimum absolute atomic E-state index is 0.239. The smallest absolute Gasteiger partial charge is 0.244 e. The van der Waals surface area contributed by atoms with Gasteiger partial charge in [-0.3, -0.25) is 4.98 Å². The molecule has 0 amide bonds. The van der Waals surface area contributed by atoms with Gasteiger partial charge in [0, 0.05) is 51.7 Å². The van der Waals surface area contributed by atoms with Gasteiger partial charge in [0.25, 0.3) is 0 Å². The minimum Gasteiger partial charge on any atom is -0.355 e. The summed E-state index contributed by atoms with van der Waals surface area (Å²) in [6.07, 6.45) is 5.37. The Hall–Kier alpha value is -2.26. The van der Waals surface area contributed by atoms with Crippen LogP contribution >= 0.6 is 0 Å². The molecule has 9 heteroatoms. The van der Waals surface area contributed by atoms with Crippen LogP contribution in [-0.4, -0.2) is 67.2 Å². The average molecular weight is 374 g/mol. The summed E-state index contributed by atoms with van der Waals surface area (Å²) in [5.74, 6) is 1.72. The van der Waals surface area contributed by atoms with Gasteiger partial charge in [0.1, 0.15) is 4.90 Å². The summed E-state index contributed by atoms with van der Waals surface area (Å²) in [6.45, 7) is 4.12. The van der Waals surface area contributed by atoms with Gasteiger partial charge in [0.2, 0.25) is 10.0 Å². The summed E-state index contributed by atoms with van der Waals surface area (Å²) in [7, 11) is -3.48. The number of hydrogen-bond donors (Lipinski definition) is 0. The average Bonchev–Trinajstić information content (AvgIpc) is 3.24. The molecule has 138 valence electrons. The van der Waals surface area contributed by atoms with Crippen LogP contribution < -0.4 is 9.80 Å². The number of hydrogen-bond acceptors (Lipinski definition) is 7. The van der Waals surface area contributed by atoms with Gasteiger partial charge >= 0.3 is 0 Å². The number of anilines is 2. The maximum absolute atomic E-state index is 12.7. The highest BCUT2D eigenvalue weighted by Gasteiger charge is 2.29. The lowest BCUT2D eigenvalue weighted by atomic mass is 10.3. The van der Waals surface area contributed by atoms with Crippen LogP contribution in [0.1, 0.15) is 12.8 Å². The number of nitrogens with zero attached hydrogens (tertiary/aromatic N) is 6. The summed E-state index contributed by atoms with van der Waals surface area (Å²) in [5, 5.41) is 8.69. The molecule has 0 radical (unpaired) electrons. The molecule has 2 aromatic rings. The van der Waals surface area contributed by atoms with Crippen molar-refractivity contribution in [3.63, 3.8) is 0 Å². The molecule has 4 heterocycles. The summed E-state index contributed by atoms with van der Waals surface area (Å²) in [4.78, 5) is 8.47. The van der Waals surface area contributed by atoms with Crippen molar-refractivity contribution in [2.24, 2.45) is 0 Å². The third-order valence-electron chi connectivity index (χ3n) is 4.90. The van der Waals surface area contributed by atoms with Gasteiger partial charge in [-0.15, -0.1) is 10.2 Å². The van der Waals surface area contributed by atoms with Crippen molar-refractivity contribution in [3.8, 4) is 0 Å². The van der Waals surface area contributed by atoms with E-state index in [2.05, 4.69) is 25.0 Å². The number of pyridine rings is 1. The Morgan fingerprint density at radius 1 is 0.808 bits per heavy atom. The Balaban J connectivity index is 1.40. The molecule has 2 aliphatic rings. The van der Waals surface area contributed by atoms with Gasteiger partial charge in [0.15, 0.2) is 11.6 Å². The van der Waals surface area contributed by atoms with Crippen LogP contribution in [-0.2, 0) is 10.0 Å². The molecule has 0 spiro atoms. The van der Waals surface area contributed by atoms with Crippen molar-refractivity contribution in [1.82, 2.24) is 19.5 Å². The van der Waals surface area contributed by atoms with E-state index in [1.54, 1.807) is 18.3 Å². The molecule has 26 heavy (non-hydrogen) atoms. The number of piperazine rings is 1. The lowest BCUT2D eigenvalue weighted by Gasteiger charge is -2.34. The highest BCUT2D eigenvalue weighted by molar-refractivity contribution is 7.89. The van der Waals surface area contributed by atoms with Crippen LogP contribution in [0, 0.1) is 0 Å². The van der Waals surface area contributed by atoms with E-state index in [1.165, 1.54) is 23.3 Å². The Labute approximate surface area is 153 Å². The Kier molecular flexibility index (Phi) is 4.73. The zero-order chi connectivity index (χ0) is 18.0. The Morgan fingerprint density at radius 3 is 1.96 bits per heavy atom. The van der Waals surface area contributed by atoms with Crippen molar-refractivity contribution in [3.05, 3.63) is 36.7 Å². The van der Waals surface area contributed by atoms with Crippen LogP contribution in [0.15, 0.2) is 41.6 Å². The largest absolute Gasteiger partial charge is 0.355 e. The molecule has 4 rings (SSSR count). The van der Waals surface area contributed by atoms with Gasteiger partial charge in [-0.25, -0.2) is 8.42 Å². The van der Waals surface area contributed by atoms with Gasteiger partial charge < -0.3 is 9.80 Å². The van der Waals surface area contributed by atoms with E-state index in [9.17, 15) is 8.42 Å². The zero-order valence-electron chi connectivity index (χ0n) is 14.5. The highest BCUT2D eigenvalue weighted by Crippen LogP contribution is 2.21. The van der Waals surface area contributed by atoms with Crippen LogP contribution in [0.3, 0.4) is 0 Å². The van der Waals surface area contributed by atoms with E-state index >= 15 is 0 Å². The van der Waals surface area contributed by atoms with E-state index in [-0.39, 0.29) is 4.90 Å². The predicted molar refractivity (Wildman–Crippen MR) is 98.7 cm³/mol. The monoisotopic (exact) mass is 374 g/mol. The van der Waals surface area contributed by atoms with Gasteiger partial charge in [-0.2, -0.15) is 4.31 Å². The second-order valence-corrected chi connectivity index (χ2v) is 8.46. The van der Waals surface area contributed by atoms with Crippen LogP contribution in [0.4, 0.5) is 11.6 Å². The molecule has 0 bridgehead atoms. The summed E-state index contributed by atoms with van der Waals surface area (Å²) in [5.41, 5.74) is 0. The quantitative estimate of drug-likeness (QED) is 0.789. The van der Waals surface area contributed by atoms with E-state index in [0.717, 1.165) is 24.7 Å². The zero-order valence-corrected chi connectivity index (χ0v) is 15.3. The van der Waals surface area contributed by atoms with E-state index in [1.807, 2.05) is 12.1 Å². The normalized spacial score (nSPS) is 19.1. The first-order chi connectivity index (χ1) is 12.6. The lowest BCUT2D eigenvalue weighted by molar-refractivity contribution is 0.383. The van der Waals surface area contributed by atoms with Crippen LogP contribution in [0.25, 0.3) is 0 Å². The number of sulfonamides is 1. The fourth-order valence-electron chi connectivity index (χ4n) is 3.41. The summed E-state index contributed by atoms with van der Waals surface area (Å²) in [6, 6.07) is 7.20. The molecule has 0 saturated carbocycles. The molecule has 2 saturated heterocycles. The van der Waals surface area contributed by atoms with Crippen molar-refractivity contribution in [2.45, 2.75) is 17.7 Å². The van der Waals surface area contributed by atoms with E-state index < -0.39 is 10.0 Å². The van der Waals surface area contributed by atoms with Gasteiger partial charge in [0.05, 0.1) is 0 Å². The first kappa shape index (κ1) is 17.2. The van der Waals surface area contributed by atoms with E-state index in [4.69, 9.17) is 0 Å². The predicted octanol–water partition coefficient (Wildman–Crippen LogP) is 0.983. The van der Waals surface area contributed by atoms with Crippen molar-refractivity contribution in [1.29, 1.82) is 0 Å². The molecule has 8 nitrogen and oxygen atoms in total. The number of aromatic nitrogens is 3. The topological polar surface area (TPSA) is 82.5 Å². The third kappa shape index (κ3) is 3.36. The number of rotatable bonds is 4. The van der Waals surface area contributed by atoms with Gasteiger partial charge in [-0.1, -0.05) is 0 Å². The maximum atomic E-state index is 12.7. The van der Waals surface area contributed by atoms with Crippen molar-refractivity contribution < 1.29 is 8.42 Å². The molecule has 0 aliphatic carbocycles. The Bertz CT molecular complexity index is 829. The molecule has 0 unspecified atom stereocenters. The second-order valence-electron chi connectivity index (χ2n) is 6.52. The maximum Gasteiger partial charge on any atom is 0.244 e. The van der Waals surface area contributed by atoms with Crippen LogP contribution in [0.2, 0.25) is 0 Å². The first-order valence-corrected chi connectivity index (χ1v) is 10.3. The fourth-order valence-corrected chi connectivity index (χ4v) is 4.79. The third-order valence-corrected chi connectivity index (χ3v) is 6.78. The molecular weight excluding hydrogens is 352 g/mol. The lowest BCUT2D eigenvalue weighted by Crippen LogP contribution is -2.49. The SMILES string of the molecule is O=S(=O)(c1cccnc1)N1CCN(c2ccc(N3CCCC3)nn2)CC1. The molecule has 2 aliphatic heterocycles. The molecule has 0 N–H and O–H groups in total. The summed E-state index contributed by atoms with van der Waals surface area (Å²) >= 11 is 0. The van der Waals surface area contributed by atoms with Crippen molar-refractivity contribution in [2.75, 3.05) is 49.1 Å². The van der Waals surface area contributed by atoms with E-state index in [0.29, 0.717) is 26.2 Å². The Morgan fingerprint density at radius 2 is 1.42 bits per heavy atom. The molecule has 0 atom stereocenters. The molecular formula is C17H22N6O2S. The highest BCUT2D eigenvalue weighted by atomic mass is 32.2. The summed E-state index contributed by atoms with van der Waals surface area (Å²) < 4.78 is 26.8. The second kappa shape index (κ2) is 7.16. The fraction of sp³-hybridized carbons (Fsp3) is 0.471. The first-order valence-electron chi connectivity index (χ1n) is 8.88. The van der Waals surface area contributed by atoms with Crippen LogP contribution in [0.5, 0.6) is 0 Å². The standard InChI is InChI=1S/C17H22N6O2S/c24-26(25,15-4-3-7-18-14-15)23-12-10-22(11-13-23)17-6-5-16(19-20-17)21-8-1-2-9-21/h3-7,14H,1-2,8-13H2. The van der Waals surface area contributed by atoms with Gasteiger partial charge in [-0.05, 0) is 37.1 Å².